The number of aryl methyl sites for hydroxylation is 1. The molecule has 1 aromatic carbocycles. The summed E-state index contributed by atoms with van der Waals surface area (Å²) in [6.07, 6.45) is 5.84. The van der Waals surface area contributed by atoms with Crippen molar-refractivity contribution >= 4 is 0 Å². The topological polar surface area (TPSA) is 32.3 Å². The van der Waals surface area contributed by atoms with E-state index < -0.39 is 0 Å². The monoisotopic (exact) mass is 279 g/mol. The van der Waals surface area contributed by atoms with Crippen LogP contribution in [-0.4, -0.2) is 23.8 Å². The molecule has 0 saturated heterocycles. The smallest absolute Gasteiger partial charge is 0.126 e. The number of aliphatic hydroxyl groups is 1. The van der Waals surface area contributed by atoms with Crippen LogP contribution in [0.2, 0.25) is 0 Å². The van der Waals surface area contributed by atoms with Crippen molar-refractivity contribution in [3.63, 3.8) is 0 Å². The molecular formula is C17H26FNO. The van der Waals surface area contributed by atoms with Crippen LogP contribution < -0.4 is 5.32 Å². The molecule has 0 radical (unpaired) electrons. The molecule has 112 valence electrons. The molecule has 2 N–H and O–H groups in total. The van der Waals surface area contributed by atoms with Crippen LogP contribution in [0.4, 0.5) is 4.39 Å². The molecule has 0 amide bonds. The van der Waals surface area contributed by atoms with Gasteiger partial charge in [-0.15, -0.1) is 0 Å². The highest BCUT2D eigenvalue weighted by molar-refractivity contribution is 5.17. The van der Waals surface area contributed by atoms with Crippen molar-refractivity contribution in [2.75, 3.05) is 6.54 Å². The van der Waals surface area contributed by atoms with Crippen LogP contribution in [0.5, 0.6) is 0 Å². The summed E-state index contributed by atoms with van der Waals surface area (Å²) in [5.74, 6) is 0.491. The Morgan fingerprint density at radius 2 is 2.15 bits per heavy atom. The highest BCUT2D eigenvalue weighted by Crippen LogP contribution is 2.23. The second kappa shape index (κ2) is 7.75. The molecule has 3 unspecified atom stereocenters. The van der Waals surface area contributed by atoms with Crippen molar-refractivity contribution in [3.05, 3.63) is 35.6 Å². The number of halogens is 1. The van der Waals surface area contributed by atoms with Crippen LogP contribution in [0.1, 0.15) is 44.6 Å². The van der Waals surface area contributed by atoms with Crippen LogP contribution in [0.3, 0.4) is 0 Å². The van der Waals surface area contributed by atoms with E-state index in [-0.39, 0.29) is 11.9 Å². The molecule has 3 atom stereocenters. The van der Waals surface area contributed by atoms with Crippen molar-refractivity contribution in [2.24, 2.45) is 5.92 Å². The van der Waals surface area contributed by atoms with E-state index in [0.29, 0.717) is 12.0 Å². The maximum atomic E-state index is 13.5. The van der Waals surface area contributed by atoms with Gasteiger partial charge in [-0.25, -0.2) is 4.39 Å². The molecule has 1 aliphatic carbocycles. The molecule has 0 bridgehead atoms. The lowest BCUT2D eigenvalue weighted by molar-refractivity contribution is 0.0997. The van der Waals surface area contributed by atoms with E-state index in [0.717, 1.165) is 44.2 Å². The number of hydrogen-bond acceptors (Lipinski definition) is 2. The van der Waals surface area contributed by atoms with Gasteiger partial charge in [0.25, 0.3) is 0 Å². The molecule has 0 heterocycles. The quantitative estimate of drug-likeness (QED) is 0.837. The molecule has 1 aliphatic rings. The minimum Gasteiger partial charge on any atom is -0.393 e. The molecule has 0 aromatic heterocycles. The van der Waals surface area contributed by atoms with Crippen LogP contribution >= 0.6 is 0 Å². The van der Waals surface area contributed by atoms with E-state index in [1.807, 2.05) is 12.1 Å². The van der Waals surface area contributed by atoms with Gasteiger partial charge in [0.1, 0.15) is 5.82 Å². The van der Waals surface area contributed by atoms with Crippen LogP contribution in [0, 0.1) is 11.7 Å². The second-order valence-corrected chi connectivity index (χ2v) is 6.13. The Kier molecular flexibility index (Phi) is 5.99. The molecule has 1 saturated carbocycles. The number of rotatable bonds is 6. The zero-order chi connectivity index (χ0) is 14.4. The van der Waals surface area contributed by atoms with Gasteiger partial charge in [0, 0.05) is 6.04 Å². The Morgan fingerprint density at radius 3 is 2.90 bits per heavy atom. The van der Waals surface area contributed by atoms with Crippen molar-refractivity contribution < 1.29 is 9.50 Å². The summed E-state index contributed by atoms with van der Waals surface area (Å²) in [6, 6.07) is 7.39. The lowest BCUT2D eigenvalue weighted by Gasteiger charge is -2.27. The first kappa shape index (κ1) is 15.5. The molecule has 2 nitrogen and oxygen atoms in total. The summed E-state index contributed by atoms with van der Waals surface area (Å²) < 4.78 is 13.5. The number of aliphatic hydroxyl groups excluding tert-OH is 1. The molecule has 2 rings (SSSR count). The number of benzene rings is 1. The third kappa shape index (κ3) is 4.88. The molecule has 3 heteroatoms. The summed E-state index contributed by atoms with van der Waals surface area (Å²) in [5, 5.41) is 13.2. The Bertz CT molecular complexity index is 410. The van der Waals surface area contributed by atoms with E-state index in [2.05, 4.69) is 12.2 Å². The van der Waals surface area contributed by atoms with E-state index in [4.69, 9.17) is 0 Å². The van der Waals surface area contributed by atoms with Gasteiger partial charge in [0.05, 0.1) is 6.10 Å². The van der Waals surface area contributed by atoms with Gasteiger partial charge < -0.3 is 10.4 Å². The highest BCUT2D eigenvalue weighted by atomic mass is 19.1. The molecule has 20 heavy (non-hydrogen) atoms. The standard InChI is InChI=1S/C17H26FNO/c1-13(9-10-15-6-2-3-8-17(15)18)19-12-14-5-4-7-16(20)11-14/h2-3,6,8,13-14,16,19-20H,4-5,7,9-12H2,1H3. The second-order valence-electron chi connectivity index (χ2n) is 6.13. The van der Waals surface area contributed by atoms with Crippen molar-refractivity contribution in [2.45, 2.75) is 57.6 Å². The minimum absolute atomic E-state index is 0.102. The first-order valence-corrected chi connectivity index (χ1v) is 7.80. The van der Waals surface area contributed by atoms with Crippen molar-refractivity contribution in [1.82, 2.24) is 5.32 Å². The SMILES string of the molecule is CC(CCc1ccccc1F)NCC1CCCC(O)C1. The molecular weight excluding hydrogens is 253 g/mol. The van der Waals surface area contributed by atoms with Gasteiger partial charge in [-0.3, -0.25) is 0 Å². The number of nitrogens with one attached hydrogen (secondary N) is 1. The van der Waals surface area contributed by atoms with E-state index in [9.17, 15) is 9.50 Å². The minimum atomic E-state index is -0.107. The lowest BCUT2D eigenvalue weighted by atomic mass is 9.87. The summed E-state index contributed by atoms with van der Waals surface area (Å²) in [7, 11) is 0. The Balaban J connectivity index is 1.68. The fourth-order valence-electron chi connectivity index (χ4n) is 2.99. The normalized spacial score (nSPS) is 24.6. The van der Waals surface area contributed by atoms with Crippen LogP contribution in [-0.2, 0) is 6.42 Å². The highest BCUT2D eigenvalue weighted by Gasteiger charge is 2.20. The van der Waals surface area contributed by atoms with Gasteiger partial charge in [-0.2, -0.15) is 0 Å². The fourth-order valence-corrected chi connectivity index (χ4v) is 2.99. The van der Waals surface area contributed by atoms with Gasteiger partial charge in [0.15, 0.2) is 0 Å². The zero-order valence-electron chi connectivity index (χ0n) is 12.3. The summed E-state index contributed by atoms with van der Waals surface area (Å²) in [4.78, 5) is 0. The molecule has 1 fully saturated rings. The third-order valence-electron chi connectivity index (χ3n) is 4.31. The Morgan fingerprint density at radius 1 is 1.35 bits per heavy atom. The molecule has 1 aromatic rings. The van der Waals surface area contributed by atoms with Gasteiger partial charge in [-0.1, -0.05) is 24.6 Å². The maximum absolute atomic E-state index is 13.5. The van der Waals surface area contributed by atoms with Crippen LogP contribution in [0.15, 0.2) is 24.3 Å². The first-order valence-electron chi connectivity index (χ1n) is 7.80. The van der Waals surface area contributed by atoms with E-state index in [1.165, 1.54) is 12.5 Å². The molecule has 0 aliphatic heterocycles. The summed E-state index contributed by atoms with van der Waals surface area (Å²) in [5.41, 5.74) is 0.800. The van der Waals surface area contributed by atoms with Gasteiger partial charge >= 0.3 is 0 Å². The predicted octanol–water partition coefficient (Wildman–Crippen LogP) is 3.29. The average Bonchev–Trinajstić information content (AvgIpc) is 2.44. The maximum Gasteiger partial charge on any atom is 0.126 e. The van der Waals surface area contributed by atoms with Crippen molar-refractivity contribution in [3.8, 4) is 0 Å². The Hall–Kier alpha value is -0.930. The fraction of sp³-hybridized carbons (Fsp3) is 0.647. The van der Waals surface area contributed by atoms with E-state index >= 15 is 0 Å². The lowest BCUT2D eigenvalue weighted by Crippen LogP contribution is -2.34. The predicted molar refractivity (Wildman–Crippen MR) is 80.2 cm³/mol. The largest absolute Gasteiger partial charge is 0.393 e. The van der Waals surface area contributed by atoms with Gasteiger partial charge in [0.2, 0.25) is 0 Å². The Labute approximate surface area is 121 Å². The summed E-state index contributed by atoms with van der Waals surface area (Å²) in [6.45, 7) is 3.12. The third-order valence-corrected chi connectivity index (χ3v) is 4.31. The number of hydrogen-bond donors (Lipinski definition) is 2. The van der Waals surface area contributed by atoms with E-state index in [1.54, 1.807) is 6.07 Å². The van der Waals surface area contributed by atoms with Gasteiger partial charge in [-0.05, 0) is 63.1 Å². The zero-order valence-corrected chi connectivity index (χ0v) is 12.3. The molecule has 0 spiro atoms. The van der Waals surface area contributed by atoms with Crippen LogP contribution in [0.25, 0.3) is 0 Å². The average molecular weight is 279 g/mol. The first-order chi connectivity index (χ1) is 9.65. The van der Waals surface area contributed by atoms with Crippen molar-refractivity contribution in [1.29, 1.82) is 0 Å². The summed E-state index contributed by atoms with van der Waals surface area (Å²) >= 11 is 0.